The summed E-state index contributed by atoms with van der Waals surface area (Å²) in [6, 6.07) is 50.1. The number of piperidine rings is 1. The number of nitrogens with two attached hydrogens (primary N) is 1. The Morgan fingerprint density at radius 3 is 1.64 bits per heavy atom. The van der Waals surface area contributed by atoms with Crippen molar-refractivity contribution in [2.75, 3.05) is 18.0 Å². The summed E-state index contributed by atoms with van der Waals surface area (Å²) in [7, 11) is 0. The van der Waals surface area contributed by atoms with E-state index in [1.54, 1.807) is 11.8 Å². The fourth-order valence-electron chi connectivity index (χ4n) is 6.87. The van der Waals surface area contributed by atoms with Crippen LogP contribution in [-0.2, 0) is 26.5 Å². The molecule has 1 spiro atoms. The van der Waals surface area contributed by atoms with Crippen LogP contribution in [0.3, 0.4) is 0 Å². The number of esters is 1. The summed E-state index contributed by atoms with van der Waals surface area (Å²) in [6.45, 7) is 1.86. The van der Waals surface area contributed by atoms with Gasteiger partial charge in [-0.25, -0.2) is 0 Å². The number of rotatable bonds is 9. The Morgan fingerprint density at radius 1 is 0.740 bits per heavy atom. The number of hydrogen-bond acceptors (Lipinski definition) is 7. The van der Waals surface area contributed by atoms with E-state index >= 15 is 0 Å². The van der Waals surface area contributed by atoms with Crippen LogP contribution in [0.25, 0.3) is 0 Å². The number of carboxylic acids is 1. The van der Waals surface area contributed by atoms with Gasteiger partial charge in [0.05, 0.1) is 17.3 Å². The van der Waals surface area contributed by atoms with E-state index in [-0.39, 0.29) is 29.1 Å². The van der Waals surface area contributed by atoms with Crippen molar-refractivity contribution < 1.29 is 19.4 Å². The van der Waals surface area contributed by atoms with Gasteiger partial charge in [-0.3, -0.25) is 14.9 Å². The normalized spacial score (nSPS) is 18.1. The van der Waals surface area contributed by atoms with E-state index in [1.807, 2.05) is 103 Å². The van der Waals surface area contributed by atoms with Crippen molar-refractivity contribution >= 4 is 29.4 Å². The van der Waals surface area contributed by atoms with Crippen molar-refractivity contribution in [3.8, 4) is 0 Å². The molecule has 2 aliphatic rings. The Hall–Kier alpha value is -4.89. The third kappa shape index (κ3) is 8.11. The van der Waals surface area contributed by atoms with Gasteiger partial charge in [0.25, 0.3) is 0 Å². The topological polar surface area (TPSA) is 105 Å². The van der Waals surface area contributed by atoms with Crippen LogP contribution in [0.4, 0.5) is 5.69 Å². The zero-order chi connectivity index (χ0) is 34.8. The van der Waals surface area contributed by atoms with E-state index < -0.39 is 17.6 Å². The number of hydrogen-bond donors (Lipinski definition) is 3. The number of thioether (sulfide) groups is 1. The molecule has 4 N–H and O–H groups in total. The van der Waals surface area contributed by atoms with Crippen LogP contribution in [0.1, 0.15) is 41.5 Å². The van der Waals surface area contributed by atoms with Crippen molar-refractivity contribution in [1.82, 2.24) is 5.32 Å². The summed E-state index contributed by atoms with van der Waals surface area (Å²) >= 11 is 1.60. The average molecular weight is 686 g/mol. The van der Waals surface area contributed by atoms with E-state index in [0.717, 1.165) is 48.2 Å². The molecule has 0 saturated carbocycles. The number of benzene rings is 5. The maximum absolute atomic E-state index is 13.0. The van der Waals surface area contributed by atoms with Gasteiger partial charge in [0.1, 0.15) is 12.6 Å². The number of carbonyl (C=O) groups is 2. The fourth-order valence-corrected chi connectivity index (χ4v) is 8.58. The molecule has 2 fully saturated rings. The maximum Gasteiger partial charge on any atom is 0.324 e. The highest BCUT2D eigenvalue weighted by atomic mass is 32.2. The Kier molecular flexibility index (Phi) is 11.3. The molecule has 0 aliphatic carbocycles. The van der Waals surface area contributed by atoms with E-state index in [2.05, 4.69) is 58.7 Å². The van der Waals surface area contributed by atoms with Gasteiger partial charge in [-0.05, 0) is 47.2 Å². The van der Waals surface area contributed by atoms with Crippen molar-refractivity contribution in [3.05, 3.63) is 174 Å². The quantitative estimate of drug-likeness (QED) is 0.111. The molecule has 2 atom stereocenters. The lowest BCUT2D eigenvalue weighted by Gasteiger charge is -2.42. The molecule has 0 bridgehead atoms. The molecule has 256 valence electrons. The number of nitrogens with zero attached hydrogens (tertiary/aromatic N) is 1. The molecule has 2 aliphatic heterocycles. The second-order valence-corrected chi connectivity index (χ2v) is 14.3. The number of carbonyl (C=O) groups excluding carboxylic acids is 1. The number of anilines is 1. The molecule has 0 amide bonds. The lowest BCUT2D eigenvalue weighted by Crippen LogP contribution is -2.54. The summed E-state index contributed by atoms with van der Waals surface area (Å²) in [5.74, 6) is -1.16. The van der Waals surface area contributed by atoms with Crippen LogP contribution in [-0.4, -0.2) is 46.3 Å². The van der Waals surface area contributed by atoms with Gasteiger partial charge in [0, 0.05) is 23.5 Å². The van der Waals surface area contributed by atoms with Crippen LogP contribution in [0, 0.1) is 0 Å². The Morgan fingerprint density at radius 2 is 1.18 bits per heavy atom. The number of ether oxygens (including phenoxy) is 1. The molecule has 0 aromatic heterocycles. The summed E-state index contributed by atoms with van der Waals surface area (Å²) in [5, 5.41) is 12.2. The molecule has 8 heteroatoms. The zero-order valence-corrected chi connectivity index (χ0v) is 28.8. The minimum Gasteiger partial charge on any atom is -0.481 e. The van der Waals surface area contributed by atoms with Gasteiger partial charge in [0.2, 0.25) is 0 Å². The van der Waals surface area contributed by atoms with E-state index in [0.29, 0.717) is 0 Å². The summed E-state index contributed by atoms with van der Waals surface area (Å²) < 4.78 is 5.28. The third-order valence-electron chi connectivity index (χ3n) is 9.49. The number of aliphatic carboxylic acids is 1. The third-order valence-corrected chi connectivity index (χ3v) is 11.2. The van der Waals surface area contributed by atoms with Crippen molar-refractivity contribution in [2.45, 2.75) is 47.6 Å². The summed E-state index contributed by atoms with van der Waals surface area (Å²) in [4.78, 5) is 26.6. The molecule has 50 heavy (non-hydrogen) atoms. The largest absolute Gasteiger partial charge is 0.481 e. The second-order valence-electron chi connectivity index (χ2n) is 12.7. The zero-order valence-electron chi connectivity index (χ0n) is 27.9. The Balaban J connectivity index is 0.000000187. The first kappa shape index (κ1) is 35.0. The number of carboxylic acid groups (broad SMARTS) is 1. The van der Waals surface area contributed by atoms with Gasteiger partial charge < -0.3 is 20.5 Å². The van der Waals surface area contributed by atoms with Gasteiger partial charge >= 0.3 is 11.9 Å². The molecule has 2 unspecified atom stereocenters. The summed E-state index contributed by atoms with van der Waals surface area (Å²) in [6.07, 6.45) is 1.57. The predicted octanol–water partition coefficient (Wildman–Crippen LogP) is 7.21. The average Bonchev–Trinajstić information content (AvgIpc) is 3.52. The minimum absolute atomic E-state index is 0.0166. The molecule has 5 aromatic carbocycles. The molecule has 5 aromatic rings. The number of para-hydroxylation sites is 1. The van der Waals surface area contributed by atoms with Gasteiger partial charge in [-0.2, -0.15) is 0 Å². The fraction of sp³-hybridized carbons (Fsp3) is 0.238. The molecule has 2 heterocycles. The second kappa shape index (κ2) is 16.2. The van der Waals surface area contributed by atoms with Crippen LogP contribution >= 0.6 is 11.8 Å². The van der Waals surface area contributed by atoms with Gasteiger partial charge in [-0.15, -0.1) is 11.8 Å². The van der Waals surface area contributed by atoms with E-state index in [4.69, 9.17) is 10.5 Å². The lowest BCUT2D eigenvalue weighted by molar-refractivity contribution is -0.148. The van der Waals surface area contributed by atoms with Gasteiger partial charge in [-0.1, -0.05) is 140 Å². The van der Waals surface area contributed by atoms with Crippen LogP contribution in [0.2, 0.25) is 0 Å². The van der Waals surface area contributed by atoms with E-state index in [9.17, 15) is 14.7 Å². The Labute approximate surface area is 298 Å². The van der Waals surface area contributed by atoms with E-state index in [1.165, 1.54) is 5.69 Å². The monoisotopic (exact) mass is 685 g/mol. The van der Waals surface area contributed by atoms with Gasteiger partial charge in [0.15, 0.2) is 0 Å². The SMILES string of the molecule is NC(c1ccccc1)(c1ccccc1)c1ccccc1.O=C(O)CC1NC(C(=O)OCc2ccccc2)C2(CCN(c3ccccc3)CC2)S1. The highest BCUT2D eigenvalue weighted by Gasteiger charge is 2.53. The molecule has 0 radical (unpaired) electrons. The molecule has 7 nitrogen and oxygen atoms in total. The van der Waals surface area contributed by atoms with Crippen molar-refractivity contribution in [1.29, 1.82) is 0 Å². The highest BCUT2D eigenvalue weighted by Crippen LogP contribution is 2.47. The van der Waals surface area contributed by atoms with Crippen LogP contribution < -0.4 is 16.0 Å². The molecule has 7 rings (SSSR count). The van der Waals surface area contributed by atoms with Crippen LogP contribution in [0.5, 0.6) is 0 Å². The van der Waals surface area contributed by atoms with Crippen LogP contribution in [0.15, 0.2) is 152 Å². The first-order chi connectivity index (χ1) is 24.4. The molecule has 2 saturated heterocycles. The first-order valence-corrected chi connectivity index (χ1v) is 17.9. The smallest absolute Gasteiger partial charge is 0.324 e. The molecular weight excluding hydrogens is 643 g/mol. The minimum atomic E-state index is -0.866. The predicted molar refractivity (Wildman–Crippen MR) is 201 cm³/mol. The highest BCUT2D eigenvalue weighted by molar-refractivity contribution is 8.01. The molecular formula is C42H43N3O4S. The summed E-state index contributed by atoms with van der Waals surface area (Å²) in [5.41, 5.74) is 11.6. The Bertz CT molecular complexity index is 1710. The van der Waals surface area contributed by atoms with Crippen molar-refractivity contribution in [2.24, 2.45) is 5.73 Å². The lowest BCUT2D eigenvalue weighted by atomic mass is 9.78. The van der Waals surface area contributed by atoms with Crippen molar-refractivity contribution in [3.63, 3.8) is 0 Å². The number of nitrogens with one attached hydrogen (secondary N) is 1. The maximum atomic E-state index is 13.0. The standard InChI is InChI=1S/C23H26N2O4S.C19H17N/c26-20(27)15-19-24-21(22(28)29-16-17-7-3-1-4-8-17)23(30-19)11-13-25(14-12-23)18-9-5-2-6-10-18;20-19(16-10-4-1-5-11-16,17-12-6-2-7-13-17)18-14-8-3-9-15-18/h1-10,19,21,24H,11-16H2,(H,26,27);1-15H,20H2. The first-order valence-electron chi connectivity index (χ1n) is 17.0.